The summed E-state index contributed by atoms with van der Waals surface area (Å²) in [7, 11) is 1.39. The quantitative estimate of drug-likeness (QED) is 0.509. The van der Waals surface area contributed by atoms with Gasteiger partial charge in [0.25, 0.3) is 0 Å². The number of hydrogen-bond donors (Lipinski definition) is 3. The third-order valence-electron chi connectivity index (χ3n) is 7.84. The molecule has 1 saturated heterocycles. The van der Waals surface area contributed by atoms with Gasteiger partial charge >= 0.3 is 5.97 Å². The molecule has 0 aromatic rings. The van der Waals surface area contributed by atoms with Gasteiger partial charge in [-0.3, -0.25) is 4.79 Å². The smallest absolute Gasteiger partial charge is 0.311 e. The highest BCUT2D eigenvalue weighted by Crippen LogP contribution is 2.65. The monoisotopic (exact) mass is 382 g/mol. The lowest BCUT2D eigenvalue weighted by atomic mass is 9.42. The molecule has 0 bridgehead atoms. The van der Waals surface area contributed by atoms with E-state index in [1.54, 1.807) is 6.08 Å². The van der Waals surface area contributed by atoms with Crippen LogP contribution in [0.5, 0.6) is 0 Å². The van der Waals surface area contributed by atoms with Gasteiger partial charge in [-0.15, -0.1) is 6.58 Å². The molecular weight excluding hydrogens is 348 g/mol. The van der Waals surface area contributed by atoms with E-state index in [2.05, 4.69) is 13.5 Å². The molecule has 3 N–H and O–H groups in total. The van der Waals surface area contributed by atoms with Gasteiger partial charge in [-0.05, 0) is 32.1 Å². The van der Waals surface area contributed by atoms with Crippen molar-refractivity contribution in [1.82, 2.24) is 0 Å². The fourth-order valence-electron chi connectivity index (χ4n) is 7.12. The van der Waals surface area contributed by atoms with Gasteiger partial charge in [0.05, 0.1) is 36.9 Å². The van der Waals surface area contributed by atoms with Crippen LogP contribution in [-0.4, -0.2) is 58.4 Å². The number of carbonyl (C=O) groups is 1. The first-order chi connectivity index (χ1) is 12.5. The highest BCUT2D eigenvalue weighted by atomic mass is 16.5. The zero-order valence-electron chi connectivity index (χ0n) is 16.9. The number of ether oxygens (including phenoxy) is 2. The number of fused-ring (bicyclic) bond motifs is 3. The van der Waals surface area contributed by atoms with Crippen molar-refractivity contribution in [3.05, 3.63) is 12.7 Å². The van der Waals surface area contributed by atoms with Gasteiger partial charge in [-0.25, -0.2) is 0 Å². The lowest BCUT2D eigenvalue weighted by Crippen LogP contribution is -2.71. The summed E-state index contributed by atoms with van der Waals surface area (Å²) in [6, 6.07) is 0. The molecule has 0 amide bonds. The molecule has 0 spiro atoms. The maximum atomic E-state index is 12.7. The Morgan fingerprint density at radius 3 is 2.37 bits per heavy atom. The molecular formula is C21H34O6. The fraction of sp³-hybridized carbons (Fsp3) is 0.857. The Bertz CT molecular complexity index is 622. The maximum Gasteiger partial charge on any atom is 0.311 e. The summed E-state index contributed by atoms with van der Waals surface area (Å²) in [5.41, 5.74) is -3.14. The Kier molecular flexibility index (Phi) is 5.04. The second-order valence-electron chi connectivity index (χ2n) is 9.61. The van der Waals surface area contributed by atoms with E-state index in [-0.39, 0.29) is 37.3 Å². The van der Waals surface area contributed by atoms with Crippen LogP contribution in [0.4, 0.5) is 0 Å². The van der Waals surface area contributed by atoms with Gasteiger partial charge in [0.15, 0.2) is 0 Å². The molecule has 1 aliphatic heterocycles. The first-order valence-electron chi connectivity index (χ1n) is 9.91. The lowest BCUT2D eigenvalue weighted by molar-refractivity contribution is -0.311. The summed E-state index contributed by atoms with van der Waals surface area (Å²) in [5.74, 6) is -0.890. The minimum Gasteiger partial charge on any atom is -0.469 e. The zero-order chi connectivity index (χ0) is 20.3. The summed E-state index contributed by atoms with van der Waals surface area (Å²) in [4.78, 5) is 12.7. The van der Waals surface area contributed by atoms with Crippen molar-refractivity contribution in [1.29, 1.82) is 0 Å². The minimum atomic E-state index is -1.02. The van der Waals surface area contributed by atoms with E-state index in [9.17, 15) is 20.1 Å². The Labute approximate surface area is 161 Å². The van der Waals surface area contributed by atoms with Crippen LogP contribution in [0.15, 0.2) is 12.7 Å². The van der Waals surface area contributed by atoms with E-state index in [1.807, 2.05) is 13.8 Å². The van der Waals surface area contributed by atoms with Gasteiger partial charge in [-0.1, -0.05) is 19.4 Å². The van der Waals surface area contributed by atoms with Crippen LogP contribution in [0.25, 0.3) is 0 Å². The van der Waals surface area contributed by atoms with Crippen LogP contribution >= 0.6 is 0 Å². The van der Waals surface area contributed by atoms with Crippen molar-refractivity contribution in [2.45, 2.75) is 76.3 Å². The van der Waals surface area contributed by atoms with Crippen LogP contribution in [0.2, 0.25) is 0 Å². The largest absolute Gasteiger partial charge is 0.469 e. The number of carbonyl (C=O) groups excluding carboxylic acids is 1. The molecule has 3 rings (SSSR count). The third-order valence-corrected chi connectivity index (χ3v) is 7.84. The van der Waals surface area contributed by atoms with Crippen LogP contribution in [0.1, 0.15) is 52.9 Å². The molecule has 27 heavy (non-hydrogen) atoms. The molecule has 4 unspecified atom stereocenters. The first kappa shape index (κ1) is 20.8. The lowest BCUT2D eigenvalue weighted by Gasteiger charge is -2.67. The highest BCUT2D eigenvalue weighted by Gasteiger charge is 2.69. The zero-order valence-corrected chi connectivity index (χ0v) is 16.9. The van der Waals surface area contributed by atoms with E-state index < -0.39 is 34.2 Å². The summed E-state index contributed by atoms with van der Waals surface area (Å²) >= 11 is 0. The number of rotatable bonds is 3. The molecule has 1 heterocycles. The average molecular weight is 382 g/mol. The second-order valence-corrected chi connectivity index (χ2v) is 9.61. The van der Waals surface area contributed by atoms with Crippen molar-refractivity contribution in [2.75, 3.05) is 13.7 Å². The molecule has 3 fully saturated rings. The van der Waals surface area contributed by atoms with Crippen LogP contribution in [0.3, 0.4) is 0 Å². The minimum absolute atomic E-state index is 0.251. The molecule has 2 aliphatic carbocycles. The summed E-state index contributed by atoms with van der Waals surface area (Å²) in [5, 5.41) is 32.3. The first-order valence-corrected chi connectivity index (χ1v) is 9.91. The van der Waals surface area contributed by atoms with Crippen molar-refractivity contribution < 1.29 is 29.6 Å². The van der Waals surface area contributed by atoms with Gasteiger partial charge < -0.3 is 24.8 Å². The van der Waals surface area contributed by atoms with Gasteiger partial charge in [0, 0.05) is 24.7 Å². The number of aliphatic hydroxyl groups excluding tert-OH is 3. The number of hydrogen-bond acceptors (Lipinski definition) is 6. The fourth-order valence-corrected chi connectivity index (χ4v) is 7.12. The van der Waals surface area contributed by atoms with Gasteiger partial charge in [0.2, 0.25) is 0 Å². The summed E-state index contributed by atoms with van der Waals surface area (Å²) < 4.78 is 11.5. The summed E-state index contributed by atoms with van der Waals surface area (Å²) in [6.07, 6.45) is 2.86. The van der Waals surface area contributed by atoms with E-state index >= 15 is 0 Å². The Hall–Kier alpha value is -0.950. The van der Waals surface area contributed by atoms with E-state index in [0.717, 1.165) is 12.8 Å². The third kappa shape index (κ3) is 2.79. The molecule has 0 radical (unpaired) electrons. The predicted octanol–water partition coefficient (Wildman–Crippen LogP) is 1.81. The molecule has 6 heteroatoms. The average Bonchev–Trinajstić information content (AvgIpc) is 2.58. The van der Waals surface area contributed by atoms with Crippen LogP contribution in [-0.2, 0) is 14.3 Å². The van der Waals surface area contributed by atoms with E-state index in [1.165, 1.54) is 7.11 Å². The number of esters is 1. The van der Waals surface area contributed by atoms with Gasteiger partial charge in [-0.2, -0.15) is 0 Å². The standard InChI is InChI=1S/C21H34O6/c1-6-21(12-22)11-14(24)16-18(2)8-7-9-19(3,17(25)26-5)15(18)13(23)10-20(16,4)27-21/h6,13-16,22-24H,1,7-12H2,2-5H3/t13?,14?,15?,16?,18-,19+,20+,21-/m1/s1. The van der Waals surface area contributed by atoms with Crippen molar-refractivity contribution in [2.24, 2.45) is 22.7 Å². The number of aliphatic hydroxyl groups is 3. The van der Waals surface area contributed by atoms with Crippen LogP contribution in [0, 0.1) is 22.7 Å². The molecule has 8 atom stereocenters. The Balaban J connectivity index is 2.08. The molecule has 2 saturated carbocycles. The topological polar surface area (TPSA) is 96.2 Å². The van der Waals surface area contributed by atoms with Gasteiger partial charge in [0.1, 0.15) is 5.60 Å². The van der Waals surface area contributed by atoms with Crippen molar-refractivity contribution in [3.8, 4) is 0 Å². The Morgan fingerprint density at radius 2 is 1.81 bits per heavy atom. The maximum absolute atomic E-state index is 12.7. The normalized spacial score (nSPS) is 52.4. The predicted molar refractivity (Wildman–Crippen MR) is 99.8 cm³/mol. The Morgan fingerprint density at radius 1 is 1.19 bits per heavy atom. The number of methoxy groups -OCH3 is 1. The van der Waals surface area contributed by atoms with Crippen molar-refractivity contribution >= 4 is 5.97 Å². The second kappa shape index (κ2) is 6.55. The highest BCUT2D eigenvalue weighted by molar-refractivity contribution is 5.77. The SMILES string of the molecule is C=C[C@]1(CO)CC(O)C2[C@]3(C)CCC[C@](C)(C(=O)OC)C3C(O)C[C@]2(C)O1. The molecule has 3 aliphatic rings. The van der Waals surface area contributed by atoms with Crippen LogP contribution < -0.4 is 0 Å². The molecule has 0 aromatic carbocycles. The summed E-state index contributed by atoms with van der Waals surface area (Å²) in [6.45, 7) is 9.36. The molecule has 0 aromatic heterocycles. The van der Waals surface area contributed by atoms with Crippen molar-refractivity contribution in [3.63, 3.8) is 0 Å². The van der Waals surface area contributed by atoms with E-state index in [0.29, 0.717) is 6.42 Å². The van der Waals surface area contributed by atoms with E-state index in [4.69, 9.17) is 9.47 Å². The molecule has 154 valence electrons. The molecule has 6 nitrogen and oxygen atoms in total.